The standard InChI is InChI=1S/C18H18F3N3O3S2/c19-18(20,21)29(26,27)24-12-3-1-2-10(8-12)15-6-7-16(28-15)17(25)23-14-9-11-4-5-13(14)22-11/h1-3,6-8,11,13-14,22,24H,4-5,9H2,(H,23,25). The topological polar surface area (TPSA) is 87.3 Å². The molecule has 3 N–H and O–H groups in total. The summed E-state index contributed by atoms with van der Waals surface area (Å²) in [5.41, 5.74) is -5.09. The highest BCUT2D eigenvalue weighted by Gasteiger charge is 2.46. The molecule has 1 aromatic heterocycles. The Hall–Kier alpha value is -2.11. The summed E-state index contributed by atoms with van der Waals surface area (Å²) >= 11 is 1.20. The number of nitrogens with one attached hydrogen (secondary N) is 3. The molecule has 0 spiro atoms. The third kappa shape index (κ3) is 4.12. The summed E-state index contributed by atoms with van der Waals surface area (Å²) in [4.78, 5) is 13.7. The highest BCUT2D eigenvalue weighted by atomic mass is 32.2. The third-order valence-corrected chi connectivity index (χ3v) is 7.40. The number of thiophene rings is 1. The van der Waals surface area contributed by atoms with Crippen LogP contribution in [0.3, 0.4) is 0 Å². The number of fused-ring (bicyclic) bond motifs is 2. The molecular weight excluding hydrogens is 427 g/mol. The van der Waals surface area contributed by atoms with Gasteiger partial charge in [-0.15, -0.1) is 11.3 Å². The Morgan fingerprint density at radius 2 is 1.97 bits per heavy atom. The molecule has 0 aliphatic carbocycles. The SMILES string of the molecule is O=C(NC1CC2CCC1N2)c1ccc(-c2cccc(NS(=O)(=O)C(F)(F)F)c2)s1. The Bertz CT molecular complexity index is 1040. The average Bonchev–Trinajstić information content (AvgIpc) is 3.37. The average molecular weight is 445 g/mol. The van der Waals surface area contributed by atoms with E-state index in [1.807, 2.05) is 0 Å². The lowest BCUT2D eigenvalue weighted by Crippen LogP contribution is -2.42. The van der Waals surface area contributed by atoms with E-state index in [0.717, 1.165) is 19.3 Å². The zero-order valence-corrected chi connectivity index (χ0v) is 16.6. The van der Waals surface area contributed by atoms with Gasteiger partial charge >= 0.3 is 15.5 Å². The quantitative estimate of drug-likeness (QED) is 0.659. The zero-order chi connectivity index (χ0) is 20.8. The molecule has 3 unspecified atom stereocenters. The van der Waals surface area contributed by atoms with Crippen LogP contribution in [0.2, 0.25) is 0 Å². The number of alkyl halides is 3. The summed E-state index contributed by atoms with van der Waals surface area (Å²) in [7, 11) is -5.49. The van der Waals surface area contributed by atoms with Crippen LogP contribution < -0.4 is 15.4 Å². The first-order valence-corrected chi connectivity index (χ1v) is 11.3. The molecule has 0 radical (unpaired) electrons. The number of sulfonamides is 1. The molecule has 29 heavy (non-hydrogen) atoms. The largest absolute Gasteiger partial charge is 0.516 e. The molecular formula is C18H18F3N3O3S2. The molecule has 6 nitrogen and oxygen atoms in total. The first-order valence-electron chi connectivity index (χ1n) is 8.99. The van der Waals surface area contributed by atoms with Crippen molar-refractivity contribution < 1.29 is 26.4 Å². The number of amides is 1. The summed E-state index contributed by atoms with van der Waals surface area (Å²) in [6, 6.07) is 9.84. The second-order valence-corrected chi connectivity index (χ2v) is 9.92. The van der Waals surface area contributed by atoms with Crippen LogP contribution in [0.15, 0.2) is 36.4 Å². The van der Waals surface area contributed by atoms with Gasteiger partial charge in [0.05, 0.1) is 4.88 Å². The van der Waals surface area contributed by atoms with Gasteiger partial charge in [-0.1, -0.05) is 12.1 Å². The monoisotopic (exact) mass is 445 g/mol. The molecule has 2 saturated heterocycles. The van der Waals surface area contributed by atoms with Gasteiger partial charge in [0.15, 0.2) is 0 Å². The van der Waals surface area contributed by atoms with Gasteiger partial charge in [0.1, 0.15) is 0 Å². The third-order valence-electron chi connectivity index (χ3n) is 5.15. The van der Waals surface area contributed by atoms with Crippen molar-refractivity contribution in [2.45, 2.75) is 42.9 Å². The van der Waals surface area contributed by atoms with Crippen LogP contribution in [0.5, 0.6) is 0 Å². The van der Waals surface area contributed by atoms with E-state index in [1.165, 1.54) is 34.3 Å². The van der Waals surface area contributed by atoms with E-state index in [2.05, 4.69) is 10.6 Å². The molecule has 11 heteroatoms. The van der Waals surface area contributed by atoms with Crippen LogP contribution >= 0.6 is 11.3 Å². The minimum Gasteiger partial charge on any atom is -0.347 e. The summed E-state index contributed by atoms with van der Waals surface area (Å²) in [6.07, 6.45) is 3.09. The highest BCUT2D eigenvalue weighted by Crippen LogP contribution is 2.33. The van der Waals surface area contributed by atoms with Gasteiger partial charge in [0.2, 0.25) is 0 Å². The fourth-order valence-corrected chi connectivity index (χ4v) is 5.25. The van der Waals surface area contributed by atoms with Gasteiger partial charge in [0.25, 0.3) is 5.91 Å². The van der Waals surface area contributed by atoms with E-state index < -0.39 is 15.5 Å². The van der Waals surface area contributed by atoms with Crippen molar-refractivity contribution in [3.8, 4) is 10.4 Å². The number of halogens is 3. The lowest BCUT2D eigenvalue weighted by molar-refractivity contribution is -0.0429. The Labute approximate surface area is 169 Å². The Morgan fingerprint density at radius 3 is 2.62 bits per heavy atom. The first kappa shape index (κ1) is 20.2. The van der Waals surface area contributed by atoms with Crippen molar-refractivity contribution in [3.63, 3.8) is 0 Å². The minimum atomic E-state index is -5.49. The Balaban J connectivity index is 1.47. The molecule has 2 fully saturated rings. The number of hydrogen-bond acceptors (Lipinski definition) is 5. The maximum Gasteiger partial charge on any atom is 0.516 e. The minimum absolute atomic E-state index is 0.104. The van der Waals surface area contributed by atoms with Crippen molar-refractivity contribution in [2.24, 2.45) is 0 Å². The van der Waals surface area contributed by atoms with Gasteiger partial charge < -0.3 is 10.6 Å². The zero-order valence-electron chi connectivity index (χ0n) is 15.0. The van der Waals surface area contributed by atoms with Gasteiger partial charge in [-0.05, 0) is 49.1 Å². The molecule has 0 saturated carbocycles. The van der Waals surface area contributed by atoms with Crippen LogP contribution in [-0.4, -0.2) is 38.0 Å². The molecule has 1 aromatic carbocycles. The van der Waals surface area contributed by atoms with Crippen LogP contribution in [-0.2, 0) is 10.0 Å². The second kappa shape index (κ2) is 7.29. The van der Waals surface area contributed by atoms with Gasteiger partial charge in [-0.2, -0.15) is 21.6 Å². The lowest BCUT2D eigenvalue weighted by atomic mass is 9.95. The molecule has 2 aromatic rings. The van der Waals surface area contributed by atoms with E-state index >= 15 is 0 Å². The van der Waals surface area contributed by atoms with Crippen LogP contribution in [0.1, 0.15) is 28.9 Å². The van der Waals surface area contributed by atoms with Gasteiger partial charge in [-0.25, -0.2) is 0 Å². The van der Waals surface area contributed by atoms with Crippen LogP contribution in [0.25, 0.3) is 10.4 Å². The smallest absolute Gasteiger partial charge is 0.347 e. The van der Waals surface area contributed by atoms with Crippen molar-refractivity contribution in [1.29, 1.82) is 0 Å². The van der Waals surface area contributed by atoms with Crippen molar-refractivity contribution in [1.82, 2.24) is 10.6 Å². The fourth-order valence-electron chi connectivity index (χ4n) is 3.79. The number of benzene rings is 1. The number of hydrogen-bond donors (Lipinski definition) is 3. The van der Waals surface area contributed by atoms with Gasteiger partial charge in [-0.3, -0.25) is 9.52 Å². The van der Waals surface area contributed by atoms with E-state index in [9.17, 15) is 26.4 Å². The maximum absolute atomic E-state index is 12.6. The van der Waals surface area contributed by atoms with Crippen LogP contribution in [0, 0.1) is 0 Å². The lowest BCUT2D eigenvalue weighted by Gasteiger charge is -2.20. The molecule has 3 heterocycles. The van der Waals surface area contributed by atoms with Crippen molar-refractivity contribution >= 4 is 33.0 Å². The molecule has 4 rings (SSSR count). The molecule has 156 valence electrons. The normalized spacial score (nSPS) is 23.9. The van der Waals surface area contributed by atoms with E-state index in [0.29, 0.717) is 27.4 Å². The summed E-state index contributed by atoms with van der Waals surface area (Å²) in [5, 5.41) is 6.50. The number of anilines is 1. The van der Waals surface area contributed by atoms with E-state index in [-0.39, 0.29) is 17.6 Å². The predicted molar refractivity (Wildman–Crippen MR) is 104 cm³/mol. The number of carbonyl (C=O) groups excluding carboxylic acids is 1. The second-order valence-electron chi connectivity index (χ2n) is 7.16. The van der Waals surface area contributed by atoms with E-state index in [4.69, 9.17) is 0 Å². The number of rotatable bonds is 5. The molecule has 1 amide bonds. The van der Waals surface area contributed by atoms with Gasteiger partial charge in [0, 0.05) is 28.7 Å². The van der Waals surface area contributed by atoms with Crippen molar-refractivity contribution in [3.05, 3.63) is 41.3 Å². The van der Waals surface area contributed by atoms with Crippen LogP contribution in [0.4, 0.5) is 18.9 Å². The van der Waals surface area contributed by atoms with E-state index in [1.54, 1.807) is 18.2 Å². The molecule has 2 aliphatic heterocycles. The summed E-state index contributed by atoms with van der Waals surface area (Å²) in [5.74, 6) is -0.186. The Kier molecular flexibility index (Phi) is 5.07. The summed E-state index contributed by atoms with van der Waals surface area (Å²) in [6.45, 7) is 0. The highest BCUT2D eigenvalue weighted by molar-refractivity contribution is 7.93. The molecule has 2 aliphatic rings. The number of carbonyl (C=O) groups is 1. The van der Waals surface area contributed by atoms with Crippen molar-refractivity contribution in [2.75, 3.05) is 4.72 Å². The Morgan fingerprint density at radius 1 is 1.17 bits per heavy atom. The summed E-state index contributed by atoms with van der Waals surface area (Å²) < 4.78 is 61.8. The molecule has 2 bridgehead atoms. The molecule has 3 atom stereocenters. The maximum atomic E-state index is 12.6. The predicted octanol–water partition coefficient (Wildman–Crippen LogP) is 3.30. The first-order chi connectivity index (χ1) is 13.6. The fraction of sp³-hybridized carbons (Fsp3) is 0.389.